The second-order valence-electron chi connectivity index (χ2n) is 8.91. The molecule has 3 fully saturated rings. The maximum absolute atomic E-state index is 12.9. The van der Waals surface area contributed by atoms with Gasteiger partial charge in [0.1, 0.15) is 0 Å². The molecule has 3 saturated heterocycles. The molecule has 2 N–H and O–H groups in total. The number of hydrogen-bond acceptors (Lipinski definition) is 7. The number of alkyl halides is 6. The molecule has 16 heteroatoms. The minimum Gasteiger partial charge on any atom is -0.475 e. The highest BCUT2D eigenvalue weighted by Gasteiger charge is 2.48. The van der Waals surface area contributed by atoms with E-state index in [1.165, 1.54) is 0 Å². The Bertz CT molecular complexity index is 898. The molecule has 1 aromatic heterocycles. The molecule has 0 bridgehead atoms. The fourth-order valence-electron chi connectivity index (χ4n) is 4.36. The highest BCUT2D eigenvalue weighted by molar-refractivity contribution is 7.08. The van der Waals surface area contributed by atoms with Crippen molar-refractivity contribution in [2.45, 2.75) is 49.8 Å². The molecule has 0 radical (unpaired) electrons. The summed E-state index contributed by atoms with van der Waals surface area (Å²) in [6.45, 7) is 6.06. The maximum Gasteiger partial charge on any atom is 0.490 e. The van der Waals surface area contributed by atoms with Gasteiger partial charge in [-0.3, -0.25) is 9.69 Å². The number of hydrogen-bond donors (Lipinski definition) is 2. The Balaban J connectivity index is 0.000000301. The zero-order valence-electron chi connectivity index (χ0n) is 20.4. The fraction of sp³-hybridized carbons (Fsp3) is 0.682. The molecule has 0 aliphatic carbocycles. The summed E-state index contributed by atoms with van der Waals surface area (Å²) in [6, 6.07) is 2.70. The lowest BCUT2D eigenvalue weighted by molar-refractivity contribution is -0.193. The van der Waals surface area contributed by atoms with E-state index in [1.54, 1.807) is 11.3 Å². The third kappa shape index (κ3) is 9.39. The summed E-state index contributed by atoms with van der Waals surface area (Å²) in [5.74, 6) is -5.24. The summed E-state index contributed by atoms with van der Waals surface area (Å²) in [4.78, 5) is 37.8. The van der Waals surface area contributed by atoms with Crippen molar-refractivity contribution < 1.29 is 55.7 Å². The molecule has 0 aromatic carbocycles. The van der Waals surface area contributed by atoms with Gasteiger partial charge in [-0.1, -0.05) is 0 Å². The van der Waals surface area contributed by atoms with E-state index in [2.05, 4.69) is 33.2 Å². The summed E-state index contributed by atoms with van der Waals surface area (Å²) in [7, 11) is 2.18. The molecule has 0 unspecified atom stereocenters. The van der Waals surface area contributed by atoms with Gasteiger partial charge in [-0.25, -0.2) is 9.59 Å². The van der Waals surface area contributed by atoms with E-state index in [1.807, 2.05) is 5.38 Å². The van der Waals surface area contributed by atoms with Crippen LogP contribution in [0.3, 0.4) is 0 Å². The number of halogens is 6. The first-order chi connectivity index (χ1) is 17.6. The first-order valence-electron chi connectivity index (χ1n) is 11.6. The van der Waals surface area contributed by atoms with Crippen LogP contribution in [0.15, 0.2) is 16.8 Å². The lowest BCUT2D eigenvalue weighted by Crippen LogP contribution is -2.54. The molecule has 1 amide bonds. The average Bonchev–Trinajstić information content (AvgIpc) is 3.47. The number of ether oxygens (including phenoxy) is 1. The van der Waals surface area contributed by atoms with Crippen molar-refractivity contribution in [1.29, 1.82) is 0 Å². The van der Waals surface area contributed by atoms with Crippen molar-refractivity contribution >= 4 is 29.2 Å². The van der Waals surface area contributed by atoms with Crippen molar-refractivity contribution in [3.63, 3.8) is 0 Å². The van der Waals surface area contributed by atoms with Gasteiger partial charge >= 0.3 is 24.3 Å². The van der Waals surface area contributed by atoms with Gasteiger partial charge in [0.05, 0.1) is 24.6 Å². The molecule has 4 rings (SSSR count). The van der Waals surface area contributed by atoms with Crippen molar-refractivity contribution in [3.05, 3.63) is 22.4 Å². The first-order valence-corrected chi connectivity index (χ1v) is 12.5. The zero-order chi connectivity index (χ0) is 28.7. The Hall–Kier alpha value is -2.43. The normalized spacial score (nSPS) is 24.4. The Kier molecular flexibility index (Phi) is 11.4. The lowest BCUT2D eigenvalue weighted by atomic mass is 9.99. The topological polar surface area (TPSA) is 111 Å². The van der Waals surface area contributed by atoms with Crippen LogP contribution in [0, 0.1) is 0 Å². The predicted molar refractivity (Wildman–Crippen MR) is 123 cm³/mol. The number of carbonyl (C=O) groups is 3. The molecule has 0 spiro atoms. The van der Waals surface area contributed by atoms with Crippen LogP contribution in [0.25, 0.3) is 0 Å². The number of nitrogens with zero attached hydrogens (tertiary/aromatic N) is 3. The first kappa shape index (κ1) is 31.8. The number of piperazine rings is 1. The van der Waals surface area contributed by atoms with Gasteiger partial charge in [0.25, 0.3) is 0 Å². The van der Waals surface area contributed by atoms with Crippen molar-refractivity contribution in [2.75, 3.05) is 46.4 Å². The number of likely N-dealkylation sites (tertiary alicyclic amines) is 1. The molecule has 0 saturated carbocycles. The van der Waals surface area contributed by atoms with Crippen LogP contribution in [0.1, 0.15) is 18.4 Å². The second-order valence-corrected chi connectivity index (χ2v) is 9.69. The average molecular weight is 578 g/mol. The fourth-order valence-corrected chi connectivity index (χ4v) is 5.03. The smallest absolute Gasteiger partial charge is 0.475 e. The number of amides is 1. The zero-order valence-corrected chi connectivity index (χ0v) is 21.2. The molecular formula is C22H29F6N3O6S. The largest absolute Gasteiger partial charge is 0.490 e. The van der Waals surface area contributed by atoms with Crippen LogP contribution in [0.2, 0.25) is 0 Å². The molecular weight excluding hydrogens is 548 g/mol. The van der Waals surface area contributed by atoms with Crippen molar-refractivity contribution in [2.24, 2.45) is 0 Å². The number of thiophene rings is 1. The SMILES string of the molecule is CN1CCN([C@@H]2CN(C(=O)Cc3ccsc3)[C@@H]3CCCO[C@H]23)CC1.O=C(O)C(F)(F)F.O=C(O)C(F)(F)F. The summed E-state index contributed by atoms with van der Waals surface area (Å²) in [5, 5.41) is 18.4. The lowest BCUT2D eigenvalue weighted by Gasteiger charge is -2.39. The van der Waals surface area contributed by atoms with Crippen molar-refractivity contribution in [3.8, 4) is 0 Å². The van der Waals surface area contributed by atoms with Gasteiger partial charge in [-0.15, -0.1) is 0 Å². The Morgan fingerprint density at radius 1 is 1.00 bits per heavy atom. The van der Waals surface area contributed by atoms with Gasteiger partial charge in [0.15, 0.2) is 0 Å². The Morgan fingerprint density at radius 2 is 1.55 bits per heavy atom. The third-order valence-electron chi connectivity index (χ3n) is 6.24. The molecule has 3 aliphatic rings. The minimum atomic E-state index is -5.08. The maximum atomic E-state index is 12.9. The van der Waals surface area contributed by atoms with Crippen molar-refractivity contribution in [1.82, 2.24) is 14.7 Å². The highest BCUT2D eigenvalue weighted by atomic mass is 32.1. The molecule has 38 heavy (non-hydrogen) atoms. The standard InChI is InChI=1S/C18H27N3O2S.2C2HF3O2/c1-19-5-7-20(8-6-19)16-12-21(15-3-2-9-23-18(15)16)17(22)11-14-4-10-24-13-14;2*3-2(4,5)1(6)7/h4,10,13,15-16,18H,2-3,5-9,11-12H2,1H3;2*(H,6,7)/t15-,16-,18+;;/m1../s1. The van der Waals surface area contributed by atoms with Gasteiger partial charge in [0, 0.05) is 39.3 Å². The molecule has 216 valence electrons. The summed E-state index contributed by atoms with van der Waals surface area (Å²) < 4.78 is 69.6. The van der Waals surface area contributed by atoms with E-state index in [0.717, 1.165) is 57.7 Å². The van der Waals surface area contributed by atoms with Crippen LogP contribution >= 0.6 is 11.3 Å². The van der Waals surface area contributed by atoms with Gasteiger partial charge in [-0.05, 0) is 42.3 Å². The number of aliphatic carboxylic acids is 2. The number of fused-ring (bicyclic) bond motifs is 1. The van der Waals surface area contributed by atoms with E-state index in [0.29, 0.717) is 12.5 Å². The third-order valence-corrected chi connectivity index (χ3v) is 6.98. The van der Waals surface area contributed by atoms with Crippen LogP contribution in [-0.4, -0.2) is 120 Å². The van der Waals surface area contributed by atoms with Gasteiger partial charge < -0.3 is 24.7 Å². The molecule has 1 aromatic rings. The van der Waals surface area contributed by atoms with Gasteiger partial charge in [0.2, 0.25) is 5.91 Å². The number of carboxylic acids is 2. The predicted octanol–water partition coefficient (Wildman–Crippen LogP) is 2.56. The van der Waals surface area contributed by atoms with Crippen LogP contribution < -0.4 is 0 Å². The minimum absolute atomic E-state index is 0.202. The molecule has 9 nitrogen and oxygen atoms in total. The van der Waals surface area contributed by atoms with Crippen LogP contribution in [0.5, 0.6) is 0 Å². The van der Waals surface area contributed by atoms with Gasteiger partial charge in [-0.2, -0.15) is 37.7 Å². The number of rotatable bonds is 3. The van der Waals surface area contributed by atoms with E-state index >= 15 is 0 Å². The van der Waals surface area contributed by atoms with E-state index in [4.69, 9.17) is 24.5 Å². The molecule has 3 atom stereocenters. The van der Waals surface area contributed by atoms with E-state index < -0.39 is 24.3 Å². The number of carbonyl (C=O) groups excluding carboxylic acids is 1. The number of carboxylic acid groups (broad SMARTS) is 2. The second kappa shape index (κ2) is 13.6. The summed E-state index contributed by atoms with van der Waals surface area (Å²) >= 11 is 1.66. The highest BCUT2D eigenvalue weighted by Crippen LogP contribution is 2.32. The molecule has 4 heterocycles. The van der Waals surface area contributed by atoms with E-state index in [-0.39, 0.29) is 18.1 Å². The van der Waals surface area contributed by atoms with E-state index in [9.17, 15) is 31.1 Å². The quantitative estimate of drug-likeness (QED) is 0.528. The Morgan fingerprint density at radius 3 is 2.03 bits per heavy atom. The summed E-state index contributed by atoms with van der Waals surface area (Å²) in [6.07, 6.45) is -7.28. The van der Waals surface area contributed by atoms with Crippen LogP contribution in [0.4, 0.5) is 26.3 Å². The number of likely N-dealkylation sites (N-methyl/N-ethyl adjacent to an activating group) is 1. The molecule has 3 aliphatic heterocycles. The monoisotopic (exact) mass is 577 g/mol. The summed E-state index contributed by atoms with van der Waals surface area (Å²) in [5.41, 5.74) is 1.14. The Labute approximate surface area is 218 Å². The van der Waals surface area contributed by atoms with Crippen LogP contribution in [-0.2, 0) is 25.5 Å².